The zero-order valence-corrected chi connectivity index (χ0v) is 21.1. The molecule has 0 bridgehead atoms. The van der Waals surface area contributed by atoms with Crippen LogP contribution in [0.2, 0.25) is 0 Å². The van der Waals surface area contributed by atoms with E-state index in [2.05, 4.69) is 26.8 Å². The molecule has 1 heterocycles. The minimum Gasteiger partial charge on any atom is -0.280 e. The summed E-state index contributed by atoms with van der Waals surface area (Å²) in [6.45, 7) is 8.74. The van der Waals surface area contributed by atoms with Crippen molar-refractivity contribution in [1.82, 2.24) is 4.98 Å². The Labute approximate surface area is 207 Å². The number of amides is 1. The van der Waals surface area contributed by atoms with Crippen LogP contribution < -0.4 is 4.90 Å². The van der Waals surface area contributed by atoms with Crippen LogP contribution in [0, 0.1) is 22.7 Å². The van der Waals surface area contributed by atoms with Crippen molar-refractivity contribution in [2.24, 2.45) is 11.3 Å². The van der Waals surface area contributed by atoms with Crippen LogP contribution in [0.3, 0.4) is 0 Å². The maximum absolute atomic E-state index is 13.7. The molecule has 2 aromatic carbocycles. The van der Waals surface area contributed by atoms with Crippen LogP contribution in [0.25, 0.3) is 0 Å². The van der Waals surface area contributed by atoms with Gasteiger partial charge >= 0.3 is 0 Å². The molecule has 0 saturated heterocycles. The fourth-order valence-electron chi connectivity index (χ4n) is 4.51. The van der Waals surface area contributed by atoms with Gasteiger partial charge in [0, 0.05) is 17.1 Å². The van der Waals surface area contributed by atoms with E-state index < -0.39 is 5.25 Å². The van der Waals surface area contributed by atoms with Crippen LogP contribution in [0.4, 0.5) is 11.4 Å². The minimum atomic E-state index is -0.413. The lowest BCUT2D eigenvalue weighted by Gasteiger charge is -2.34. The van der Waals surface area contributed by atoms with Crippen molar-refractivity contribution in [2.45, 2.75) is 57.2 Å². The molecule has 1 aliphatic carbocycles. The molecule has 0 N–H and O–H groups in total. The second kappa shape index (κ2) is 10.0. The highest BCUT2D eigenvalue weighted by Crippen LogP contribution is 2.39. The van der Waals surface area contributed by atoms with E-state index in [1.165, 1.54) is 17.3 Å². The standard InChI is InChI=1S/C29H31N3OS/c1-20(28(33)32(24-11-7-5-8-12-24)25-13-9-6-10-14-25)34-27-22(19-30)17-21-18-23(29(2,3)4)15-16-26(21)31-27/h5-14,17,20,23H,15-16,18H2,1-4H3. The lowest BCUT2D eigenvalue weighted by Crippen LogP contribution is -2.33. The first-order chi connectivity index (χ1) is 16.3. The zero-order valence-electron chi connectivity index (χ0n) is 20.3. The summed E-state index contributed by atoms with van der Waals surface area (Å²) in [6, 6.07) is 23.7. The average Bonchev–Trinajstić information content (AvgIpc) is 2.84. The smallest absolute Gasteiger partial charge is 0.244 e. The fraction of sp³-hybridized carbons (Fsp3) is 0.345. The van der Waals surface area contributed by atoms with E-state index in [1.54, 1.807) is 4.90 Å². The lowest BCUT2D eigenvalue weighted by molar-refractivity contribution is -0.117. The van der Waals surface area contributed by atoms with Crippen molar-refractivity contribution in [3.05, 3.63) is 83.6 Å². The fourth-order valence-corrected chi connectivity index (χ4v) is 5.45. The van der Waals surface area contributed by atoms with Crippen LogP contribution in [-0.4, -0.2) is 16.1 Å². The number of fused-ring (bicyclic) bond motifs is 1. The summed E-state index contributed by atoms with van der Waals surface area (Å²) in [5.41, 5.74) is 4.68. The number of para-hydroxylation sites is 2. The molecule has 4 nitrogen and oxygen atoms in total. The monoisotopic (exact) mass is 469 g/mol. The molecule has 1 aromatic heterocycles. The number of aromatic nitrogens is 1. The molecule has 0 saturated carbocycles. The van der Waals surface area contributed by atoms with Crippen molar-refractivity contribution in [1.29, 1.82) is 5.26 Å². The van der Waals surface area contributed by atoms with Crippen LogP contribution in [0.5, 0.6) is 0 Å². The van der Waals surface area contributed by atoms with Crippen LogP contribution in [0.1, 0.15) is 50.9 Å². The molecule has 3 aromatic rings. The highest BCUT2D eigenvalue weighted by atomic mass is 32.2. The highest BCUT2D eigenvalue weighted by molar-refractivity contribution is 8.00. The topological polar surface area (TPSA) is 57.0 Å². The van der Waals surface area contributed by atoms with Gasteiger partial charge in [-0.25, -0.2) is 4.98 Å². The van der Waals surface area contributed by atoms with Crippen molar-refractivity contribution in [2.75, 3.05) is 4.90 Å². The number of pyridine rings is 1. The molecule has 2 atom stereocenters. The first-order valence-electron chi connectivity index (χ1n) is 11.8. The number of nitrogens with zero attached hydrogens (tertiary/aromatic N) is 3. The Kier molecular flexibility index (Phi) is 7.09. The Morgan fingerprint density at radius 3 is 2.21 bits per heavy atom. The number of thioether (sulfide) groups is 1. The Morgan fingerprint density at radius 1 is 1.09 bits per heavy atom. The van der Waals surface area contributed by atoms with Gasteiger partial charge in [0.2, 0.25) is 5.91 Å². The summed E-state index contributed by atoms with van der Waals surface area (Å²) >= 11 is 1.37. The summed E-state index contributed by atoms with van der Waals surface area (Å²) in [6.07, 6.45) is 2.97. The van der Waals surface area contributed by atoms with Crippen LogP contribution in [0.15, 0.2) is 71.8 Å². The highest BCUT2D eigenvalue weighted by Gasteiger charge is 2.31. The van der Waals surface area contributed by atoms with Crippen LogP contribution >= 0.6 is 11.8 Å². The van der Waals surface area contributed by atoms with E-state index in [1.807, 2.05) is 73.7 Å². The van der Waals surface area contributed by atoms with Crippen molar-refractivity contribution in [3.8, 4) is 6.07 Å². The van der Waals surface area contributed by atoms with E-state index >= 15 is 0 Å². The van der Waals surface area contributed by atoms with E-state index in [9.17, 15) is 10.1 Å². The molecule has 174 valence electrons. The maximum Gasteiger partial charge on any atom is 0.244 e. The molecular formula is C29H31N3OS. The molecular weight excluding hydrogens is 438 g/mol. The summed E-state index contributed by atoms with van der Waals surface area (Å²) < 4.78 is 0. The Balaban J connectivity index is 1.61. The molecule has 1 amide bonds. The summed E-state index contributed by atoms with van der Waals surface area (Å²) in [7, 11) is 0. The first-order valence-corrected chi connectivity index (χ1v) is 12.7. The summed E-state index contributed by atoms with van der Waals surface area (Å²) in [4.78, 5) is 20.3. The van der Waals surface area contributed by atoms with Crippen molar-refractivity contribution >= 4 is 29.0 Å². The molecule has 0 aliphatic heterocycles. The quantitative estimate of drug-likeness (QED) is 0.379. The average molecular weight is 470 g/mol. The second-order valence-electron chi connectivity index (χ2n) is 9.97. The van der Waals surface area contributed by atoms with E-state index in [4.69, 9.17) is 4.98 Å². The van der Waals surface area contributed by atoms with Gasteiger partial charge in [-0.3, -0.25) is 9.69 Å². The third kappa shape index (κ3) is 5.18. The molecule has 1 aliphatic rings. The van der Waals surface area contributed by atoms with Gasteiger partial charge in [0.05, 0.1) is 10.8 Å². The number of anilines is 2. The SMILES string of the molecule is CC(Sc1nc2c(cc1C#N)CC(C(C)(C)C)CC2)C(=O)N(c1ccccc1)c1ccccc1. The molecule has 2 unspecified atom stereocenters. The number of benzene rings is 2. The van der Waals surface area contributed by atoms with Gasteiger partial charge in [-0.2, -0.15) is 5.26 Å². The van der Waals surface area contributed by atoms with Gasteiger partial charge < -0.3 is 0 Å². The summed E-state index contributed by atoms with van der Waals surface area (Å²) in [5.74, 6) is 0.538. The predicted molar refractivity (Wildman–Crippen MR) is 139 cm³/mol. The van der Waals surface area contributed by atoms with Gasteiger partial charge in [-0.1, -0.05) is 68.9 Å². The first kappa shape index (κ1) is 24.0. The minimum absolute atomic E-state index is 0.0430. The molecule has 5 heteroatoms. The predicted octanol–water partition coefficient (Wildman–Crippen LogP) is 6.95. The van der Waals surface area contributed by atoms with Gasteiger partial charge in [0.25, 0.3) is 0 Å². The second-order valence-corrected chi connectivity index (χ2v) is 11.3. The Morgan fingerprint density at radius 2 is 1.68 bits per heavy atom. The molecule has 0 spiro atoms. The van der Waals surface area contributed by atoms with Gasteiger partial charge in [0.1, 0.15) is 11.1 Å². The zero-order chi connectivity index (χ0) is 24.3. The largest absolute Gasteiger partial charge is 0.280 e. The normalized spacial score (nSPS) is 16.3. The number of hydrogen-bond acceptors (Lipinski definition) is 4. The maximum atomic E-state index is 13.7. The lowest BCUT2D eigenvalue weighted by atomic mass is 9.71. The number of hydrogen-bond donors (Lipinski definition) is 0. The van der Waals surface area contributed by atoms with Gasteiger partial charge in [-0.15, -0.1) is 0 Å². The molecule has 34 heavy (non-hydrogen) atoms. The van der Waals surface area contributed by atoms with Gasteiger partial charge in [-0.05, 0) is 73.4 Å². The van der Waals surface area contributed by atoms with Crippen molar-refractivity contribution < 1.29 is 4.79 Å². The van der Waals surface area contributed by atoms with E-state index in [0.29, 0.717) is 16.5 Å². The van der Waals surface area contributed by atoms with Crippen molar-refractivity contribution in [3.63, 3.8) is 0 Å². The van der Waals surface area contributed by atoms with Crippen LogP contribution in [-0.2, 0) is 17.6 Å². The number of nitriles is 1. The van der Waals surface area contributed by atoms with E-state index in [0.717, 1.165) is 36.3 Å². The molecule has 0 fully saturated rings. The Hall–Kier alpha value is -3.10. The molecule has 0 radical (unpaired) electrons. The third-order valence-corrected chi connectivity index (χ3v) is 7.67. The van der Waals surface area contributed by atoms with E-state index in [-0.39, 0.29) is 11.3 Å². The Bertz CT molecular complexity index is 1160. The third-order valence-electron chi connectivity index (χ3n) is 6.58. The molecule has 4 rings (SSSR count). The number of carbonyl (C=O) groups excluding carboxylic acids is 1. The summed E-state index contributed by atoms with van der Waals surface area (Å²) in [5, 5.41) is 10.1. The number of aryl methyl sites for hydroxylation is 1. The number of carbonyl (C=O) groups is 1. The number of rotatable bonds is 5. The van der Waals surface area contributed by atoms with Gasteiger partial charge in [0.15, 0.2) is 0 Å².